The number of aryl methyl sites for hydroxylation is 2. The van der Waals surface area contributed by atoms with Crippen LogP contribution in [0.3, 0.4) is 0 Å². The molecule has 4 aromatic rings. The molecule has 0 radical (unpaired) electrons. The lowest BCUT2D eigenvalue weighted by atomic mass is 9.80. The molecule has 3 heterocycles. The Labute approximate surface area is 204 Å². The van der Waals surface area contributed by atoms with Crippen LogP contribution in [-0.2, 0) is 24.1 Å². The zero-order valence-corrected chi connectivity index (χ0v) is 20.7. The van der Waals surface area contributed by atoms with E-state index in [9.17, 15) is 8.42 Å². The third-order valence-corrected chi connectivity index (χ3v) is 6.87. The van der Waals surface area contributed by atoms with Crippen LogP contribution in [0.5, 0.6) is 0 Å². The van der Waals surface area contributed by atoms with Crippen molar-refractivity contribution in [2.45, 2.75) is 18.9 Å². The summed E-state index contributed by atoms with van der Waals surface area (Å²) in [4.78, 5) is 9.58. The van der Waals surface area contributed by atoms with E-state index < -0.39 is 10.0 Å². The molecule has 35 heavy (non-hydrogen) atoms. The summed E-state index contributed by atoms with van der Waals surface area (Å²) in [6.45, 7) is 0.461. The molecular weight excluding hydrogens is 464 g/mol. The molecule has 5 rings (SSSR count). The molecule has 1 aliphatic carbocycles. The second-order valence-corrected chi connectivity index (χ2v) is 11.0. The normalized spacial score (nSPS) is 17.8. The van der Waals surface area contributed by atoms with Crippen LogP contribution in [-0.4, -0.2) is 56.8 Å². The second-order valence-electron chi connectivity index (χ2n) is 9.14. The van der Waals surface area contributed by atoms with Crippen molar-refractivity contribution in [3.05, 3.63) is 55.2 Å². The fraction of sp³-hybridized carbons (Fsp3) is 0.333. The maximum absolute atomic E-state index is 11.4. The molecule has 1 aromatic carbocycles. The number of hydrogen-bond acceptors (Lipinski definition) is 7. The standard InChI is InChI=1S/C24H28N8O2S/c1-31-14-19(11-26-31)17-5-4-6-18(9-17)23-25-13-22(20-12-27-32(2)15-20)24(30-23)29-21-7-16(8-21)10-28-35(3,33)34/h4-6,9,11-16,21,28H,7-8,10H2,1-3H3,(H,25,29,30)/t16-,21-. The van der Waals surface area contributed by atoms with Gasteiger partial charge in [0.25, 0.3) is 0 Å². The molecular formula is C24H28N8O2S. The van der Waals surface area contributed by atoms with E-state index in [0.29, 0.717) is 18.3 Å². The maximum Gasteiger partial charge on any atom is 0.208 e. The van der Waals surface area contributed by atoms with Crippen LogP contribution in [0.1, 0.15) is 12.8 Å². The van der Waals surface area contributed by atoms with Gasteiger partial charge in [-0.15, -0.1) is 0 Å². The molecule has 11 heteroatoms. The molecule has 1 aliphatic rings. The van der Waals surface area contributed by atoms with Gasteiger partial charge in [0, 0.05) is 67.5 Å². The maximum atomic E-state index is 11.4. The summed E-state index contributed by atoms with van der Waals surface area (Å²) in [5.41, 5.74) is 4.80. The van der Waals surface area contributed by atoms with Crippen LogP contribution >= 0.6 is 0 Å². The topological polar surface area (TPSA) is 120 Å². The molecule has 1 fully saturated rings. The Balaban J connectivity index is 1.41. The van der Waals surface area contributed by atoms with Crippen molar-refractivity contribution in [2.24, 2.45) is 20.0 Å². The minimum absolute atomic E-state index is 0.209. The van der Waals surface area contributed by atoms with Gasteiger partial charge in [0.05, 0.1) is 18.6 Å². The summed E-state index contributed by atoms with van der Waals surface area (Å²) in [6.07, 6.45) is 12.3. The first-order chi connectivity index (χ1) is 16.7. The molecule has 182 valence electrons. The van der Waals surface area contributed by atoms with E-state index in [0.717, 1.165) is 46.5 Å². The van der Waals surface area contributed by atoms with Crippen molar-refractivity contribution >= 4 is 15.8 Å². The molecule has 10 nitrogen and oxygen atoms in total. The molecule has 2 N–H and O–H groups in total. The lowest BCUT2D eigenvalue weighted by molar-refractivity contribution is 0.284. The first-order valence-corrected chi connectivity index (χ1v) is 13.3. The molecule has 0 bridgehead atoms. The molecule has 0 spiro atoms. The van der Waals surface area contributed by atoms with E-state index in [4.69, 9.17) is 4.98 Å². The third-order valence-electron chi connectivity index (χ3n) is 6.17. The van der Waals surface area contributed by atoms with Crippen LogP contribution in [0.4, 0.5) is 5.82 Å². The van der Waals surface area contributed by atoms with Crippen molar-refractivity contribution in [3.8, 4) is 33.6 Å². The number of benzene rings is 1. The van der Waals surface area contributed by atoms with Gasteiger partial charge in [-0.3, -0.25) is 9.36 Å². The van der Waals surface area contributed by atoms with E-state index in [2.05, 4.69) is 31.3 Å². The van der Waals surface area contributed by atoms with Crippen molar-refractivity contribution < 1.29 is 8.42 Å². The van der Waals surface area contributed by atoms with E-state index in [1.54, 1.807) is 15.6 Å². The van der Waals surface area contributed by atoms with E-state index >= 15 is 0 Å². The third kappa shape index (κ3) is 5.41. The Kier molecular flexibility index (Phi) is 6.12. The van der Waals surface area contributed by atoms with E-state index in [1.165, 1.54) is 6.26 Å². The smallest absolute Gasteiger partial charge is 0.208 e. The molecule has 0 saturated heterocycles. The molecule has 1 saturated carbocycles. The van der Waals surface area contributed by atoms with Gasteiger partial charge in [-0.1, -0.05) is 18.2 Å². The fourth-order valence-corrected chi connectivity index (χ4v) is 4.83. The number of anilines is 1. The van der Waals surface area contributed by atoms with E-state index in [1.807, 2.05) is 57.1 Å². The van der Waals surface area contributed by atoms with Crippen LogP contribution in [0.2, 0.25) is 0 Å². The monoisotopic (exact) mass is 492 g/mol. The van der Waals surface area contributed by atoms with Crippen molar-refractivity contribution in [3.63, 3.8) is 0 Å². The molecule has 0 unspecified atom stereocenters. The number of hydrogen-bond donors (Lipinski definition) is 2. The molecule has 0 aliphatic heterocycles. The van der Waals surface area contributed by atoms with Crippen LogP contribution in [0.15, 0.2) is 55.2 Å². The first kappa shape index (κ1) is 23.2. The van der Waals surface area contributed by atoms with Gasteiger partial charge in [0.2, 0.25) is 10.0 Å². The fourth-order valence-electron chi connectivity index (χ4n) is 4.29. The second kappa shape index (κ2) is 9.23. The van der Waals surface area contributed by atoms with Gasteiger partial charge in [-0.2, -0.15) is 10.2 Å². The number of rotatable bonds is 8. The van der Waals surface area contributed by atoms with Gasteiger partial charge in [-0.25, -0.2) is 23.1 Å². The zero-order chi connectivity index (χ0) is 24.6. The summed E-state index contributed by atoms with van der Waals surface area (Å²) < 4.78 is 28.9. The lowest BCUT2D eigenvalue weighted by Crippen LogP contribution is -2.42. The summed E-state index contributed by atoms with van der Waals surface area (Å²) in [7, 11) is 0.596. The Hall–Kier alpha value is -3.57. The lowest BCUT2D eigenvalue weighted by Gasteiger charge is -2.36. The van der Waals surface area contributed by atoms with Crippen molar-refractivity contribution in [1.29, 1.82) is 0 Å². The van der Waals surface area contributed by atoms with Gasteiger partial charge in [0.1, 0.15) is 5.82 Å². The number of aromatic nitrogens is 6. The van der Waals surface area contributed by atoms with Gasteiger partial charge in [-0.05, 0) is 30.4 Å². The largest absolute Gasteiger partial charge is 0.367 e. The highest BCUT2D eigenvalue weighted by Gasteiger charge is 2.30. The van der Waals surface area contributed by atoms with Crippen molar-refractivity contribution in [1.82, 2.24) is 34.3 Å². The highest BCUT2D eigenvalue weighted by Crippen LogP contribution is 2.34. The van der Waals surface area contributed by atoms with E-state index in [-0.39, 0.29) is 6.04 Å². The minimum Gasteiger partial charge on any atom is -0.367 e. The van der Waals surface area contributed by atoms with Gasteiger partial charge in [0.15, 0.2) is 5.82 Å². The first-order valence-electron chi connectivity index (χ1n) is 11.4. The van der Waals surface area contributed by atoms with Crippen LogP contribution < -0.4 is 10.0 Å². The Bertz CT molecular complexity index is 1450. The quantitative estimate of drug-likeness (QED) is 0.388. The summed E-state index contributed by atoms with van der Waals surface area (Å²) in [5.74, 6) is 1.68. The predicted molar refractivity (Wildman–Crippen MR) is 135 cm³/mol. The average molecular weight is 493 g/mol. The zero-order valence-electron chi connectivity index (χ0n) is 19.9. The number of nitrogens with zero attached hydrogens (tertiary/aromatic N) is 6. The number of sulfonamides is 1. The highest BCUT2D eigenvalue weighted by atomic mass is 32.2. The average Bonchev–Trinajstić information content (AvgIpc) is 3.42. The SMILES string of the molecule is Cn1cc(-c2cccc(-c3ncc(-c4cnn(C)c4)c(N[C@H]4C[C@H](CNS(C)(=O)=O)C4)n3)c2)cn1. The molecule has 0 atom stereocenters. The Morgan fingerprint density at radius 2 is 1.66 bits per heavy atom. The summed E-state index contributed by atoms with van der Waals surface area (Å²) in [6, 6.07) is 8.31. The van der Waals surface area contributed by atoms with Crippen molar-refractivity contribution in [2.75, 3.05) is 18.1 Å². The van der Waals surface area contributed by atoms with Crippen LogP contribution in [0.25, 0.3) is 33.6 Å². The van der Waals surface area contributed by atoms with Gasteiger partial charge >= 0.3 is 0 Å². The highest BCUT2D eigenvalue weighted by molar-refractivity contribution is 7.88. The molecule has 3 aromatic heterocycles. The molecule has 0 amide bonds. The number of nitrogens with one attached hydrogen (secondary N) is 2. The Morgan fingerprint density at radius 1 is 0.971 bits per heavy atom. The van der Waals surface area contributed by atoms with Gasteiger partial charge < -0.3 is 5.32 Å². The van der Waals surface area contributed by atoms with Crippen LogP contribution in [0, 0.1) is 5.92 Å². The predicted octanol–water partition coefficient (Wildman–Crippen LogP) is 2.68. The summed E-state index contributed by atoms with van der Waals surface area (Å²) in [5, 5.41) is 12.1. The minimum atomic E-state index is -3.18. The Morgan fingerprint density at radius 3 is 2.31 bits per heavy atom. The summed E-state index contributed by atoms with van der Waals surface area (Å²) >= 11 is 0.